The Labute approximate surface area is 146 Å². The fourth-order valence-corrected chi connectivity index (χ4v) is 6.47. The van der Waals surface area contributed by atoms with E-state index in [1.54, 1.807) is 10.4 Å². The summed E-state index contributed by atoms with van der Waals surface area (Å²) in [6, 6.07) is 7.35. The van der Waals surface area contributed by atoms with Crippen LogP contribution in [0.3, 0.4) is 0 Å². The zero-order chi connectivity index (χ0) is 17.4. The van der Waals surface area contributed by atoms with E-state index < -0.39 is 10.0 Å². The molecular weight excluding hydrogens is 320 g/mol. The van der Waals surface area contributed by atoms with Crippen LogP contribution >= 0.6 is 0 Å². The highest BCUT2D eigenvalue weighted by molar-refractivity contribution is 7.89. The molecule has 0 radical (unpaired) electrons. The summed E-state index contributed by atoms with van der Waals surface area (Å²) < 4.78 is 28.2. The second kappa shape index (κ2) is 6.77. The van der Waals surface area contributed by atoms with Gasteiger partial charge in [-0.15, -0.1) is 0 Å². The molecule has 0 N–H and O–H groups in total. The van der Waals surface area contributed by atoms with E-state index in [0.29, 0.717) is 23.9 Å². The Bertz CT molecular complexity index is 678. The molecule has 1 aliphatic heterocycles. The maximum atomic E-state index is 13.2. The molecule has 1 unspecified atom stereocenters. The summed E-state index contributed by atoms with van der Waals surface area (Å²) >= 11 is 0. The summed E-state index contributed by atoms with van der Waals surface area (Å²) in [5.41, 5.74) is 1.02. The standard InChI is InChI=1S/C19H30N2O2S/c1-16-9-5-6-10-18(16)24(22,23)21-14-17(13-20(2)3)19(15-21)11-7-4-8-12-19/h5-6,9-10,17H,4,7-8,11-15H2,1-3H3. The summed E-state index contributed by atoms with van der Waals surface area (Å²) in [5.74, 6) is 0.437. The maximum Gasteiger partial charge on any atom is 0.243 e. The zero-order valence-corrected chi connectivity index (χ0v) is 16.0. The van der Waals surface area contributed by atoms with Crippen molar-refractivity contribution in [2.75, 3.05) is 33.7 Å². The van der Waals surface area contributed by atoms with Crippen LogP contribution in [0, 0.1) is 18.3 Å². The van der Waals surface area contributed by atoms with E-state index in [9.17, 15) is 8.42 Å². The minimum absolute atomic E-state index is 0.179. The van der Waals surface area contributed by atoms with Gasteiger partial charge in [-0.1, -0.05) is 37.5 Å². The Kier molecular flexibility index (Phi) is 5.05. The molecule has 0 amide bonds. The van der Waals surface area contributed by atoms with Gasteiger partial charge in [-0.05, 0) is 56.8 Å². The Morgan fingerprint density at radius 2 is 1.83 bits per heavy atom. The summed E-state index contributed by atoms with van der Waals surface area (Å²) in [4.78, 5) is 2.69. The molecule has 3 rings (SSSR count). The van der Waals surface area contributed by atoms with Gasteiger partial charge in [-0.3, -0.25) is 0 Å². The molecule has 24 heavy (non-hydrogen) atoms. The third-order valence-corrected chi connectivity index (χ3v) is 7.90. The number of aryl methyl sites for hydroxylation is 1. The SMILES string of the molecule is Cc1ccccc1S(=O)(=O)N1CC(CN(C)C)C2(CCCCC2)C1. The van der Waals surface area contributed by atoms with Crippen molar-refractivity contribution in [1.29, 1.82) is 0 Å². The molecule has 1 heterocycles. The predicted molar refractivity (Wildman–Crippen MR) is 97.5 cm³/mol. The quantitative estimate of drug-likeness (QED) is 0.838. The second-order valence-corrected chi connectivity index (χ2v) is 9.85. The number of benzene rings is 1. The van der Waals surface area contributed by atoms with E-state index in [1.807, 2.05) is 25.1 Å². The molecule has 5 heteroatoms. The van der Waals surface area contributed by atoms with Crippen molar-refractivity contribution in [3.63, 3.8) is 0 Å². The normalized spacial score (nSPS) is 24.8. The molecule has 1 spiro atoms. The molecule has 2 aliphatic rings. The largest absolute Gasteiger partial charge is 0.309 e. The molecular formula is C19H30N2O2S. The first-order valence-electron chi connectivity index (χ1n) is 9.06. The van der Waals surface area contributed by atoms with Gasteiger partial charge in [0.2, 0.25) is 10.0 Å². The van der Waals surface area contributed by atoms with Crippen LogP contribution < -0.4 is 0 Å². The van der Waals surface area contributed by atoms with Crippen molar-refractivity contribution in [2.24, 2.45) is 11.3 Å². The average Bonchev–Trinajstić information content (AvgIpc) is 2.86. The van der Waals surface area contributed by atoms with Crippen LogP contribution in [0.25, 0.3) is 0 Å². The highest BCUT2D eigenvalue weighted by Gasteiger charge is 2.50. The lowest BCUT2D eigenvalue weighted by Gasteiger charge is -2.39. The average molecular weight is 351 g/mol. The molecule has 0 aromatic heterocycles. The van der Waals surface area contributed by atoms with E-state index in [0.717, 1.165) is 12.1 Å². The third kappa shape index (κ3) is 3.26. The summed E-state index contributed by atoms with van der Waals surface area (Å²) in [5, 5.41) is 0. The van der Waals surface area contributed by atoms with Gasteiger partial charge in [0.25, 0.3) is 0 Å². The third-order valence-electron chi connectivity index (χ3n) is 5.93. The number of sulfonamides is 1. The van der Waals surface area contributed by atoms with E-state index in [4.69, 9.17) is 0 Å². The molecule has 1 atom stereocenters. The molecule has 1 saturated carbocycles. The first kappa shape index (κ1) is 17.9. The van der Waals surface area contributed by atoms with Gasteiger partial charge < -0.3 is 4.90 Å². The molecule has 1 aliphatic carbocycles. The van der Waals surface area contributed by atoms with E-state index in [2.05, 4.69) is 19.0 Å². The molecule has 134 valence electrons. The van der Waals surface area contributed by atoms with Gasteiger partial charge in [0.05, 0.1) is 4.90 Å². The Hall–Kier alpha value is -0.910. The fourth-order valence-electron chi connectivity index (χ4n) is 4.67. The van der Waals surface area contributed by atoms with Crippen molar-refractivity contribution in [2.45, 2.75) is 43.9 Å². The van der Waals surface area contributed by atoms with Crippen LogP contribution in [0.15, 0.2) is 29.2 Å². The predicted octanol–water partition coefficient (Wildman–Crippen LogP) is 3.13. The van der Waals surface area contributed by atoms with Crippen LogP contribution in [0.1, 0.15) is 37.7 Å². The Balaban J connectivity index is 1.91. The van der Waals surface area contributed by atoms with Crippen LogP contribution in [-0.4, -0.2) is 51.4 Å². The smallest absolute Gasteiger partial charge is 0.243 e. The van der Waals surface area contributed by atoms with E-state index in [-0.39, 0.29) is 5.41 Å². The highest BCUT2D eigenvalue weighted by Crippen LogP contribution is 2.49. The summed E-state index contributed by atoms with van der Waals surface area (Å²) in [6.07, 6.45) is 6.11. The van der Waals surface area contributed by atoms with E-state index in [1.165, 1.54) is 32.1 Å². The minimum atomic E-state index is -3.40. The van der Waals surface area contributed by atoms with Crippen LogP contribution in [-0.2, 0) is 10.0 Å². The van der Waals surface area contributed by atoms with Crippen molar-refractivity contribution in [3.05, 3.63) is 29.8 Å². The molecule has 1 aromatic rings. The van der Waals surface area contributed by atoms with Crippen LogP contribution in [0.5, 0.6) is 0 Å². The Morgan fingerprint density at radius 1 is 1.17 bits per heavy atom. The number of hydrogen-bond donors (Lipinski definition) is 0. The topological polar surface area (TPSA) is 40.6 Å². The first-order valence-corrected chi connectivity index (χ1v) is 10.5. The highest BCUT2D eigenvalue weighted by atomic mass is 32.2. The van der Waals surface area contributed by atoms with Gasteiger partial charge in [-0.2, -0.15) is 4.31 Å². The van der Waals surface area contributed by atoms with Crippen molar-refractivity contribution < 1.29 is 8.42 Å². The van der Waals surface area contributed by atoms with Crippen molar-refractivity contribution in [1.82, 2.24) is 9.21 Å². The zero-order valence-electron chi connectivity index (χ0n) is 15.2. The lowest BCUT2D eigenvalue weighted by atomic mass is 9.67. The summed E-state index contributed by atoms with van der Waals surface area (Å²) in [7, 11) is 0.786. The van der Waals surface area contributed by atoms with Crippen LogP contribution in [0.2, 0.25) is 0 Å². The molecule has 1 aromatic carbocycles. The van der Waals surface area contributed by atoms with E-state index >= 15 is 0 Å². The van der Waals surface area contributed by atoms with Gasteiger partial charge in [0.1, 0.15) is 0 Å². The molecule has 2 fully saturated rings. The maximum absolute atomic E-state index is 13.2. The number of rotatable bonds is 4. The monoisotopic (exact) mass is 350 g/mol. The first-order chi connectivity index (χ1) is 11.3. The molecule has 0 bridgehead atoms. The minimum Gasteiger partial charge on any atom is -0.309 e. The summed E-state index contributed by atoms with van der Waals surface area (Å²) in [6.45, 7) is 4.22. The van der Waals surface area contributed by atoms with Gasteiger partial charge >= 0.3 is 0 Å². The lowest BCUT2D eigenvalue weighted by Crippen LogP contribution is -2.38. The fraction of sp³-hybridized carbons (Fsp3) is 0.684. The molecule has 4 nitrogen and oxygen atoms in total. The molecule has 1 saturated heterocycles. The Morgan fingerprint density at radius 3 is 2.46 bits per heavy atom. The van der Waals surface area contributed by atoms with Gasteiger partial charge in [0.15, 0.2) is 0 Å². The number of nitrogens with zero attached hydrogens (tertiary/aromatic N) is 2. The number of hydrogen-bond acceptors (Lipinski definition) is 3. The van der Waals surface area contributed by atoms with Crippen molar-refractivity contribution in [3.8, 4) is 0 Å². The van der Waals surface area contributed by atoms with Gasteiger partial charge in [0, 0.05) is 19.6 Å². The van der Waals surface area contributed by atoms with Crippen LogP contribution in [0.4, 0.5) is 0 Å². The van der Waals surface area contributed by atoms with Gasteiger partial charge in [-0.25, -0.2) is 8.42 Å². The lowest BCUT2D eigenvalue weighted by molar-refractivity contribution is 0.122. The second-order valence-electron chi connectivity index (χ2n) is 7.95. The van der Waals surface area contributed by atoms with Crippen molar-refractivity contribution >= 4 is 10.0 Å².